The summed E-state index contributed by atoms with van der Waals surface area (Å²) in [7, 11) is -8.73. The van der Waals surface area contributed by atoms with Gasteiger partial charge in [0.05, 0.1) is 16.8 Å². The van der Waals surface area contributed by atoms with Crippen molar-refractivity contribution in [2.24, 2.45) is 16.2 Å². The summed E-state index contributed by atoms with van der Waals surface area (Å²) < 4.78 is 58.5. The topological polar surface area (TPSA) is 168 Å². The zero-order valence-electron chi connectivity index (χ0n) is 21.9. The van der Waals surface area contributed by atoms with Gasteiger partial charge in [0.1, 0.15) is 16.6 Å². The van der Waals surface area contributed by atoms with Gasteiger partial charge >= 0.3 is 10.2 Å². The van der Waals surface area contributed by atoms with Crippen LogP contribution in [-0.4, -0.2) is 40.1 Å². The molecule has 4 rings (SSSR count). The number of sulfonamides is 1. The van der Waals surface area contributed by atoms with Gasteiger partial charge in [-0.15, -0.1) is 4.40 Å². The molecule has 0 bridgehead atoms. The van der Waals surface area contributed by atoms with E-state index in [0.717, 1.165) is 12.5 Å². The summed E-state index contributed by atoms with van der Waals surface area (Å²) in [4.78, 5) is 38.6. The Kier molecular flexibility index (Phi) is 7.43. The van der Waals surface area contributed by atoms with Crippen LogP contribution in [0.15, 0.2) is 51.8 Å². The van der Waals surface area contributed by atoms with Crippen molar-refractivity contribution >= 4 is 54.9 Å². The molecule has 0 radical (unpaired) electrons. The third-order valence-corrected chi connectivity index (χ3v) is 9.24. The zero-order valence-corrected chi connectivity index (χ0v) is 23.6. The first-order valence-corrected chi connectivity index (χ1v) is 15.4. The molecule has 1 amide bonds. The van der Waals surface area contributed by atoms with E-state index in [-0.39, 0.29) is 28.5 Å². The van der Waals surface area contributed by atoms with E-state index < -0.39 is 49.0 Å². The smallest absolute Gasteiger partial charge is 0.323 e. The second-order valence-electron chi connectivity index (χ2n) is 10.2. The first kappa shape index (κ1) is 28.4. The molecule has 1 aliphatic heterocycles. The summed E-state index contributed by atoms with van der Waals surface area (Å²) in [6, 6.07) is 10.5. The van der Waals surface area contributed by atoms with Crippen LogP contribution in [0.5, 0.6) is 0 Å². The minimum Gasteiger partial charge on any atom is -0.341 e. The van der Waals surface area contributed by atoms with Crippen molar-refractivity contribution in [3.8, 4) is 0 Å². The molecule has 2 aliphatic rings. The molecule has 1 heterocycles. The molecule has 11 nitrogen and oxygen atoms in total. The van der Waals surface area contributed by atoms with Gasteiger partial charge in [-0.1, -0.05) is 45.0 Å². The molecular weight excluding hydrogens is 544 g/mol. The van der Waals surface area contributed by atoms with Crippen LogP contribution in [-0.2, 0) is 35.2 Å². The fraction of sp³-hybridized carbons (Fsp3) is 0.385. The van der Waals surface area contributed by atoms with Gasteiger partial charge < -0.3 is 5.32 Å². The van der Waals surface area contributed by atoms with Crippen molar-refractivity contribution in [1.82, 2.24) is 4.72 Å². The lowest BCUT2D eigenvalue weighted by molar-refractivity contribution is -0.125. The highest BCUT2D eigenvalue weighted by Crippen LogP contribution is 2.43. The lowest BCUT2D eigenvalue weighted by Crippen LogP contribution is -2.51. The highest BCUT2D eigenvalue weighted by atomic mass is 32.2. The van der Waals surface area contributed by atoms with Gasteiger partial charge in [-0.25, -0.2) is 4.72 Å². The Labute approximate surface area is 227 Å². The number of fused-ring (bicyclic) bond motifs is 2. The normalized spacial score (nSPS) is 21.9. The summed E-state index contributed by atoms with van der Waals surface area (Å²) in [6.07, 6.45) is 1.12. The second kappa shape index (κ2) is 10.2. The lowest BCUT2D eigenvalue weighted by atomic mass is 9.63. The molecule has 208 valence electrons. The minimum atomic E-state index is -4.43. The molecule has 1 aliphatic carbocycles. The number of rotatable bonds is 8. The maximum Gasteiger partial charge on any atom is 0.323 e. The number of carbonyl (C=O) groups is 3. The molecule has 0 spiro atoms. The van der Waals surface area contributed by atoms with E-state index in [1.54, 1.807) is 35.9 Å². The van der Waals surface area contributed by atoms with Crippen molar-refractivity contribution in [2.45, 2.75) is 57.3 Å². The van der Waals surface area contributed by atoms with E-state index in [2.05, 4.69) is 14.4 Å². The van der Waals surface area contributed by atoms with Gasteiger partial charge in [-0.3, -0.25) is 19.1 Å². The Bertz CT molecular complexity index is 1610. The fourth-order valence-electron chi connectivity index (χ4n) is 4.76. The number of amides is 1. The highest BCUT2D eigenvalue weighted by molar-refractivity contribution is 7.91. The van der Waals surface area contributed by atoms with Crippen molar-refractivity contribution in [3.05, 3.63) is 53.6 Å². The molecule has 13 heteroatoms. The number of nitrogens with zero attached hydrogens (tertiary/aromatic N) is 1. The second-order valence-corrected chi connectivity index (χ2v) is 13.2. The molecule has 0 fully saturated rings. The van der Waals surface area contributed by atoms with E-state index in [9.17, 15) is 31.2 Å². The number of ketones is 2. The zero-order chi connectivity index (χ0) is 28.8. The molecule has 2 aromatic carbocycles. The van der Waals surface area contributed by atoms with Crippen LogP contribution >= 0.6 is 0 Å². The Balaban J connectivity index is 1.72. The SMILES string of the molecule is CCC(=O)NS(=O)(=O)Nc1ccc2c(c1)S(=O)(=O)N=C(C1C(=O)c3ccccc3C(C)(CCC(C)C)C1=O)N2. The first-order chi connectivity index (χ1) is 18.2. The summed E-state index contributed by atoms with van der Waals surface area (Å²) in [6.45, 7) is 7.32. The van der Waals surface area contributed by atoms with Crippen molar-refractivity contribution < 1.29 is 31.2 Å². The number of anilines is 2. The molecule has 0 saturated carbocycles. The molecule has 0 saturated heterocycles. The van der Waals surface area contributed by atoms with Crippen LogP contribution in [0.4, 0.5) is 11.4 Å². The summed E-state index contributed by atoms with van der Waals surface area (Å²) in [5, 5.41) is 2.83. The number of hydrogen-bond acceptors (Lipinski definition) is 8. The third kappa shape index (κ3) is 5.46. The number of carbonyl (C=O) groups excluding carboxylic acids is 3. The summed E-state index contributed by atoms with van der Waals surface area (Å²) >= 11 is 0. The van der Waals surface area contributed by atoms with Gasteiger partial charge in [0, 0.05) is 12.0 Å². The monoisotopic (exact) mass is 574 g/mol. The first-order valence-electron chi connectivity index (χ1n) is 12.5. The number of amidine groups is 1. The van der Waals surface area contributed by atoms with Gasteiger partial charge in [0.2, 0.25) is 5.91 Å². The maximum absolute atomic E-state index is 13.9. The Morgan fingerprint density at radius 2 is 1.85 bits per heavy atom. The largest absolute Gasteiger partial charge is 0.341 e. The average molecular weight is 575 g/mol. The lowest BCUT2D eigenvalue weighted by Gasteiger charge is -2.39. The molecule has 2 unspecified atom stereocenters. The molecule has 3 N–H and O–H groups in total. The van der Waals surface area contributed by atoms with E-state index >= 15 is 0 Å². The predicted molar refractivity (Wildman–Crippen MR) is 146 cm³/mol. The van der Waals surface area contributed by atoms with E-state index in [0.29, 0.717) is 23.5 Å². The van der Waals surface area contributed by atoms with Crippen LogP contribution in [0.25, 0.3) is 0 Å². The Hall–Kier alpha value is -3.58. The van der Waals surface area contributed by atoms with Crippen LogP contribution in [0.3, 0.4) is 0 Å². The van der Waals surface area contributed by atoms with E-state index in [4.69, 9.17) is 0 Å². The number of hydrogen-bond donors (Lipinski definition) is 3. The molecule has 2 aromatic rings. The van der Waals surface area contributed by atoms with E-state index in [1.165, 1.54) is 19.1 Å². The average Bonchev–Trinajstić information content (AvgIpc) is 2.86. The highest BCUT2D eigenvalue weighted by Gasteiger charge is 2.51. The number of nitrogens with one attached hydrogen (secondary N) is 3. The standard InChI is InChI=1S/C26H30N4O7S2/c1-5-21(31)29-39(36,37)28-16-10-11-19-20(14-16)38(34,35)30-25(27-19)22-23(32)17-8-6-7-9-18(17)26(4,24(22)33)13-12-15(2)3/h6-11,14-15,22,28H,5,12-13H2,1-4H3,(H,27,30)(H,29,31). The summed E-state index contributed by atoms with van der Waals surface area (Å²) in [5.74, 6) is -3.18. The Morgan fingerprint density at radius 3 is 2.51 bits per heavy atom. The Morgan fingerprint density at radius 1 is 1.15 bits per heavy atom. The van der Waals surface area contributed by atoms with Crippen molar-refractivity contribution in [2.75, 3.05) is 10.0 Å². The minimum absolute atomic E-state index is 0.0314. The number of Topliss-reactive ketones (excluding diaryl/α,β-unsaturated/α-hetero) is 2. The molecule has 39 heavy (non-hydrogen) atoms. The van der Waals surface area contributed by atoms with Crippen LogP contribution < -0.4 is 14.8 Å². The van der Waals surface area contributed by atoms with Gasteiger partial charge in [-0.2, -0.15) is 16.8 Å². The molecule has 2 atom stereocenters. The van der Waals surface area contributed by atoms with Gasteiger partial charge in [0.25, 0.3) is 10.0 Å². The third-order valence-electron chi connectivity index (χ3n) is 6.91. The molecular formula is C26H30N4O7S2. The van der Waals surface area contributed by atoms with Gasteiger partial charge in [0.15, 0.2) is 11.6 Å². The van der Waals surface area contributed by atoms with Gasteiger partial charge in [-0.05, 0) is 49.4 Å². The summed E-state index contributed by atoms with van der Waals surface area (Å²) in [5.41, 5.74) is -0.166. The van der Waals surface area contributed by atoms with E-state index in [1.807, 2.05) is 13.8 Å². The molecule has 0 aromatic heterocycles. The van der Waals surface area contributed by atoms with Crippen LogP contribution in [0, 0.1) is 11.8 Å². The quantitative estimate of drug-likeness (QED) is 0.404. The predicted octanol–water partition coefficient (Wildman–Crippen LogP) is 3.16. The number of benzene rings is 2. The maximum atomic E-state index is 13.9. The van der Waals surface area contributed by atoms with Crippen LogP contribution in [0.1, 0.15) is 62.9 Å². The van der Waals surface area contributed by atoms with Crippen molar-refractivity contribution in [1.29, 1.82) is 0 Å². The van der Waals surface area contributed by atoms with Crippen LogP contribution in [0.2, 0.25) is 0 Å². The fourth-order valence-corrected chi connectivity index (χ4v) is 6.87. The van der Waals surface area contributed by atoms with Crippen molar-refractivity contribution in [3.63, 3.8) is 0 Å².